The van der Waals surface area contributed by atoms with Crippen molar-refractivity contribution >= 4 is 0 Å². The zero-order valence-corrected chi connectivity index (χ0v) is 8.56. The molecular formula is C11H12F3NO. The number of rotatable bonds is 2. The van der Waals surface area contributed by atoms with E-state index in [1.165, 1.54) is 0 Å². The molecule has 0 saturated carbocycles. The topological polar surface area (TPSA) is 32.3 Å². The molecule has 1 heterocycles. The molecule has 0 radical (unpaired) electrons. The van der Waals surface area contributed by atoms with Crippen LogP contribution in [0.3, 0.4) is 0 Å². The average Bonchev–Trinajstić information content (AvgIpc) is 2.66. The Morgan fingerprint density at radius 2 is 1.94 bits per heavy atom. The Morgan fingerprint density at radius 1 is 1.25 bits per heavy atom. The number of benzene rings is 1. The molecule has 1 atom stereocenters. The van der Waals surface area contributed by atoms with Crippen molar-refractivity contribution in [3.05, 3.63) is 35.1 Å². The third-order valence-electron chi connectivity index (χ3n) is 2.87. The van der Waals surface area contributed by atoms with E-state index in [1.807, 2.05) is 0 Å². The van der Waals surface area contributed by atoms with Gasteiger partial charge in [0.2, 0.25) is 0 Å². The van der Waals surface area contributed by atoms with Gasteiger partial charge in [-0.05, 0) is 25.1 Å². The molecule has 0 aliphatic carbocycles. The van der Waals surface area contributed by atoms with E-state index in [0.29, 0.717) is 13.0 Å². The van der Waals surface area contributed by atoms with Gasteiger partial charge in [-0.1, -0.05) is 0 Å². The van der Waals surface area contributed by atoms with Crippen molar-refractivity contribution in [3.63, 3.8) is 0 Å². The van der Waals surface area contributed by atoms with E-state index in [4.69, 9.17) is 0 Å². The van der Waals surface area contributed by atoms with E-state index in [-0.39, 0.29) is 18.5 Å². The summed E-state index contributed by atoms with van der Waals surface area (Å²) in [6.45, 7) is 0.859. The van der Waals surface area contributed by atoms with Crippen LogP contribution in [0.25, 0.3) is 0 Å². The van der Waals surface area contributed by atoms with Crippen LogP contribution in [0.15, 0.2) is 12.1 Å². The first-order valence-electron chi connectivity index (χ1n) is 5.07. The minimum Gasteiger partial charge on any atom is -0.388 e. The van der Waals surface area contributed by atoms with Gasteiger partial charge in [0.25, 0.3) is 0 Å². The van der Waals surface area contributed by atoms with E-state index in [0.717, 1.165) is 12.1 Å². The quantitative estimate of drug-likeness (QED) is 0.753. The fourth-order valence-electron chi connectivity index (χ4n) is 1.94. The second-order valence-electron chi connectivity index (χ2n) is 4.15. The molecule has 0 amide bonds. The lowest BCUT2D eigenvalue weighted by molar-refractivity contribution is 0.0598. The molecule has 0 spiro atoms. The van der Waals surface area contributed by atoms with Gasteiger partial charge in [-0.25, -0.2) is 13.2 Å². The lowest BCUT2D eigenvalue weighted by Crippen LogP contribution is -2.34. The number of halogens is 3. The SMILES string of the molecule is OC1(Cc2c(F)ccc(F)c2F)CCNC1. The molecule has 0 aromatic heterocycles. The zero-order chi connectivity index (χ0) is 11.8. The Hall–Kier alpha value is -1.07. The Bertz CT molecular complexity index is 402. The van der Waals surface area contributed by atoms with Crippen molar-refractivity contribution < 1.29 is 18.3 Å². The standard InChI is InChI=1S/C11H12F3NO/c12-8-1-2-9(13)10(14)7(8)5-11(16)3-4-15-6-11/h1-2,15-16H,3-6H2. The minimum absolute atomic E-state index is 0.213. The molecule has 2 nitrogen and oxygen atoms in total. The summed E-state index contributed by atoms with van der Waals surface area (Å²) in [7, 11) is 0. The lowest BCUT2D eigenvalue weighted by atomic mass is 9.93. The number of hydrogen-bond donors (Lipinski definition) is 2. The third kappa shape index (κ3) is 2.05. The van der Waals surface area contributed by atoms with Crippen molar-refractivity contribution in [2.24, 2.45) is 0 Å². The predicted molar refractivity (Wildman–Crippen MR) is 52.5 cm³/mol. The van der Waals surface area contributed by atoms with Crippen LogP contribution in [0.5, 0.6) is 0 Å². The number of β-amino-alcohol motifs (C(OH)–C–C–N with tert-alkyl or cyclic N) is 1. The summed E-state index contributed by atoms with van der Waals surface area (Å²) in [4.78, 5) is 0. The van der Waals surface area contributed by atoms with Crippen molar-refractivity contribution in [1.29, 1.82) is 0 Å². The van der Waals surface area contributed by atoms with Gasteiger partial charge in [-0.3, -0.25) is 0 Å². The monoisotopic (exact) mass is 231 g/mol. The highest BCUT2D eigenvalue weighted by Gasteiger charge is 2.33. The Balaban J connectivity index is 2.30. The molecule has 1 aliphatic rings. The largest absolute Gasteiger partial charge is 0.388 e. The van der Waals surface area contributed by atoms with Crippen molar-refractivity contribution in [2.75, 3.05) is 13.1 Å². The molecule has 2 rings (SSSR count). The number of aliphatic hydroxyl groups is 1. The first kappa shape index (κ1) is 11.4. The van der Waals surface area contributed by atoms with Gasteiger partial charge in [-0.2, -0.15) is 0 Å². The smallest absolute Gasteiger partial charge is 0.165 e. The normalized spacial score (nSPS) is 25.0. The summed E-state index contributed by atoms with van der Waals surface area (Å²) < 4.78 is 39.6. The molecular weight excluding hydrogens is 219 g/mol. The molecule has 1 unspecified atom stereocenters. The molecule has 16 heavy (non-hydrogen) atoms. The van der Waals surface area contributed by atoms with Gasteiger partial charge in [0.1, 0.15) is 5.82 Å². The van der Waals surface area contributed by atoms with Gasteiger partial charge in [0.15, 0.2) is 11.6 Å². The summed E-state index contributed by atoms with van der Waals surface area (Å²) in [6, 6.07) is 1.62. The Labute approximate surface area is 91.1 Å². The van der Waals surface area contributed by atoms with E-state index < -0.39 is 23.1 Å². The molecule has 2 N–H and O–H groups in total. The van der Waals surface area contributed by atoms with Crippen LogP contribution in [0.1, 0.15) is 12.0 Å². The maximum Gasteiger partial charge on any atom is 0.165 e. The van der Waals surface area contributed by atoms with Gasteiger partial charge < -0.3 is 10.4 Å². The van der Waals surface area contributed by atoms with Gasteiger partial charge in [-0.15, -0.1) is 0 Å². The van der Waals surface area contributed by atoms with Crippen LogP contribution in [-0.2, 0) is 6.42 Å². The zero-order valence-electron chi connectivity index (χ0n) is 8.56. The molecule has 5 heteroatoms. The molecule has 1 saturated heterocycles. The molecule has 1 aromatic rings. The highest BCUT2D eigenvalue weighted by molar-refractivity contribution is 5.23. The summed E-state index contributed by atoms with van der Waals surface area (Å²) in [5.74, 6) is -3.12. The molecule has 1 fully saturated rings. The molecule has 88 valence electrons. The summed E-state index contributed by atoms with van der Waals surface area (Å²) >= 11 is 0. The van der Waals surface area contributed by atoms with Crippen LogP contribution in [0.2, 0.25) is 0 Å². The van der Waals surface area contributed by atoms with E-state index in [2.05, 4.69) is 5.32 Å². The fraction of sp³-hybridized carbons (Fsp3) is 0.455. The maximum atomic E-state index is 13.3. The van der Waals surface area contributed by atoms with Crippen LogP contribution in [-0.4, -0.2) is 23.8 Å². The first-order chi connectivity index (χ1) is 7.52. The van der Waals surface area contributed by atoms with Crippen LogP contribution in [0.4, 0.5) is 13.2 Å². The molecule has 0 bridgehead atoms. The lowest BCUT2D eigenvalue weighted by Gasteiger charge is -2.21. The Kier molecular flexibility index (Phi) is 2.90. The summed E-state index contributed by atoms with van der Waals surface area (Å²) in [5, 5.41) is 12.9. The van der Waals surface area contributed by atoms with Crippen molar-refractivity contribution in [1.82, 2.24) is 5.32 Å². The predicted octanol–water partition coefficient (Wildman–Crippen LogP) is 1.37. The van der Waals surface area contributed by atoms with Gasteiger partial charge in [0, 0.05) is 18.5 Å². The summed E-state index contributed by atoms with van der Waals surface area (Å²) in [6.07, 6.45) is 0.192. The number of nitrogens with one attached hydrogen (secondary N) is 1. The van der Waals surface area contributed by atoms with Crippen LogP contribution < -0.4 is 5.32 Å². The van der Waals surface area contributed by atoms with E-state index in [1.54, 1.807) is 0 Å². The summed E-state index contributed by atoms with van der Waals surface area (Å²) in [5.41, 5.74) is -1.57. The fourth-order valence-corrected chi connectivity index (χ4v) is 1.94. The first-order valence-corrected chi connectivity index (χ1v) is 5.07. The van der Waals surface area contributed by atoms with Gasteiger partial charge >= 0.3 is 0 Å². The maximum absolute atomic E-state index is 13.3. The molecule has 1 aliphatic heterocycles. The van der Waals surface area contributed by atoms with Crippen molar-refractivity contribution in [2.45, 2.75) is 18.4 Å². The third-order valence-corrected chi connectivity index (χ3v) is 2.87. The average molecular weight is 231 g/mol. The Morgan fingerprint density at radius 3 is 2.56 bits per heavy atom. The van der Waals surface area contributed by atoms with Gasteiger partial charge in [0.05, 0.1) is 5.60 Å². The van der Waals surface area contributed by atoms with Crippen LogP contribution in [0, 0.1) is 17.5 Å². The highest BCUT2D eigenvalue weighted by atomic mass is 19.2. The number of hydrogen-bond acceptors (Lipinski definition) is 2. The second-order valence-corrected chi connectivity index (χ2v) is 4.15. The van der Waals surface area contributed by atoms with E-state index >= 15 is 0 Å². The van der Waals surface area contributed by atoms with E-state index in [9.17, 15) is 18.3 Å². The highest BCUT2D eigenvalue weighted by Crippen LogP contribution is 2.25. The second kappa shape index (κ2) is 4.07. The molecule has 1 aromatic carbocycles. The van der Waals surface area contributed by atoms with Crippen molar-refractivity contribution in [3.8, 4) is 0 Å². The van der Waals surface area contributed by atoms with Crippen LogP contribution >= 0.6 is 0 Å². The minimum atomic E-state index is -1.21.